The second-order valence-electron chi connectivity index (χ2n) is 11.5. The van der Waals surface area contributed by atoms with Crippen molar-refractivity contribution in [3.8, 4) is 11.8 Å². The maximum atomic E-state index is 13.3. The van der Waals surface area contributed by atoms with E-state index in [1.165, 1.54) is 0 Å². The minimum Gasteiger partial charge on any atom is -0.779 e. The van der Waals surface area contributed by atoms with Crippen molar-refractivity contribution in [1.29, 1.82) is 0 Å². The van der Waals surface area contributed by atoms with Gasteiger partial charge in [0.05, 0.1) is 18.8 Å². The Labute approximate surface area is 275 Å². The van der Waals surface area contributed by atoms with E-state index < -0.39 is 7.60 Å². The van der Waals surface area contributed by atoms with Crippen molar-refractivity contribution in [2.45, 2.75) is 70.1 Å². The minimum absolute atomic E-state index is 0.00846. The molecule has 9 nitrogen and oxygen atoms in total. The van der Waals surface area contributed by atoms with Gasteiger partial charge in [-0.15, -0.1) is 0 Å². The Bertz CT molecular complexity index is 1420. The Morgan fingerprint density at radius 1 is 0.933 bits per heavy atom. The largest absolute Gasteiger partial charge is 0.779 e. The third-order valence-corrected chi connectivity index (χ3v) is 10.8. The smallest absolute Gasteiger partial charge is 0.227 e. The molecule has 0 spiro atoms. The van der Waals surface area contributed by atoms with Crippen molar-refractivity contribution < 1.29 is 28.4 Å². The number of nitrogens with zero attached hydrogens (tertiary/aromatic N) is 1. The lowest BCUT2D eigenvalue weighted by Gasteiger charge is -2.26. The van der Waals surface area contributed by atoms with Crippen molar-refractivity contribution in [1.82, 2.24) is 10.6 Å². The molecule has 1 unspecified atom stereocenters. The monoisotopic (exact) mass is 672 g/mol. The molecule has 3 rings (SSSR count). The van der Waals surface area contributed by atoms with E-state index in [9.17, 15) is 23.8 Å². The Balaban J connectivity index is 1.30. The van der Waals surface area contributed by atoms with Crippen molar-refractivity contribution in [3.63, 3.8) is 0 Å². The Morgan fingerprint density at radius 3 is 2.38 bits per heavy atom. The first-order chi connectivity index (χ1) is 21.4. The van der Waals surface area contributed by atoms with Gasteiger partial charge in [0.15, 0.2) is 0 Å². The number of carbonyl (C=O) groups excluding carboxylic acids is 3. The minimum atomic E-state index is -3.65. The number of fused-ring (bicyclic) bond motifs is 2. The van der Waals surface area contributed by atoms with Crippen LogP contribution in [0, 0.1) is 11.8 Å². The van der Waals surface area contributed by atoms with Gasteiger partial charge in [-0.25, -0.2) is 0 Å². The highest BCUT2D eigenvalue weighted by atomic mass is 33.1. The molecule has 244 valence electrons. The van der Waals surface area contributed by atoms with E-state index >= 15 is 0 Å². The summed E-state index contributed by atoms with van der Waals surface area (Å²) in [7, 11) is -0.436. The highest BCUT2D eigenvalue weighted by Gasteiger charge is 2.24. The van der Waals surface area contributed by atoms with Crippen LogP contribution in [-0.4, -0.2) is 54.6 Å². The predicted molar refractivity (Wildman–Crippen MR) is 182 cm³/mol. The van der Waals surface area contributed by atoms with Crippen LogP contribution in [0.25, 0.3) is 0 Å². The fourth-order valence-corrected chi connectivity index (χ4v) is 7.47. The van der Waals surface area contributed by atoms with Crippen LogP contribution in [0.15, 0.2) is 48.5 Å². The summed E-state index contributed by atoms with van der Waals surface area (Å²) in [6.07, 6.45) is 3.80. The second-order valence-corrected chi connectivity index (χ2v) is 16.4. The van der Waals surface area contributed by atoms with Gasteiger partial charge in [0, 0.05) is 60.6 Å². The molecule has 12 heteroatoms. The number of hydrogen-bond donors (Lipinski definition) is 2. The second kappa shape index (κ2) is 18.4. The topological polar surface area (TPSA) is 128 Å². The highest BCUT2D eigenvalue weighted by molar-refractivity contribution is 8.77. The van der Waals surface area contributed by atoms with E-state index in [0.717, 1.165) is 48.3 Å². The van der Waals surface area contributed by atoms with Crippen LogP contribution < -0.4 is 20.4 Å². The van der Waals surface area contributed by atoms with E-state index in [1.54, 1.807) is 26.5 Å². The normalized spacial score (nSPS) is 13.6. The van der Waals surface area contributed by atoms with Gasteiger partial charge in [-0.3, -0.25) is 14.4 Å². The third kappa shape index (κ3) is 14.1. The van der Waals surface area contributed by atoms with E-state index in [2.05, 4.69) is 22.5 Å². The van der Waals surface area contributed by atoms with Crippen LogP contribution in [0.3, 0.4) is 0 Å². The lowest BCUT2D eigenvalue weighted by atomic mass is 10.0. The van der Waals surface area contributed by atoms with E-state index in [-0.39, 0.29) is 41.9 Å². The van der Waals surface area contributed by atoms with Crippen LogP contribution in [0.1, 0.15) is 75.5 Å². The zero-order valence-electron chi connectivity index (χ0n) is 26.3. The van der Waals surface area contributed by atoms with E-state index in [4.69, 9.17) is 4.52 Å². The summed E-state index contributed by atoms with van der Waals surface area (Å²) < 4.78 is 15.4. The summed E-state index contributed by atoms with van der Waals surface area (Å²) in [5, 5.41) is 5.85. The predicted octanol–water partition coefficient (Wildman–Crippen LogP) is 5.26. The Kier molecular flexibility index (Phi) is 15.0. The lowest BCUT2D eigenvalue weighted by Crippen LogP contribution is -2.33. The molecule has 1 aliphatic heterocycles. The summed E-state index contributed by atoms with van der Waals surface area (Å²) in [6, 6.07) is 15.4. The number of carbonyl (C=O) groups is 3. The number of amides is 3. The summed E-state index contributed by atoms with van der Waals surface area (Å²) in [4.78, 5) is 50.9. The van der Waals surface area contributed by atoms with Gasteiger partial charge in [0.25, 0.3) is 0 Å². The van der Waals surface area contributed by atoms with Crippen molar-refractivity contribution >= 4 is 52.6 Å². The molecule has 3 amide bonds. The average molecular weight is 673 g/mol. The van der Waals surface area contributed by atoms with Crippen molar-refractivity contribution in [3.05, 3.63) is 65.2 Å². The SMILES string of the molecule is CC(C)(CC(=O)NCCCCCCOP(C)(=O)[O-])SSCCNC(=O)CCC(=O)N1Cc2ccccc2C#Cc2ccccc21. The van der Waals surface area contributed by atoms with Crippen LogP contribution in [0.4, 0.5) is 5.69 Å². The standard InChI is InChI=1S/C33H44N3O6PS2/c1-33(2,24-31(38)34-20-10-4-5-11-22-42-43(3,40)41)45-44-23-21-35-30(37)18-19-32(39)36-25-28-14-7-6-12-26(28)16-17-27-13-8-9-15-29(27)36/h6-9,12-15H,4-5,10-11,18-25H2,1-3H3,(H,34,38)(H,35,37)(H,40,41)/p-1. The Morgan fingerprint density at radius 2 is 1.60 bits per heavy atom. The van der Waals surface area contributed by atoms with Gasteiger partial charge in [-0.1, -0.05) is 76.6 Å². The zero-order chi connectivity index (χ0) is 32.7. The van der Waals surface area contributed by atoms with E-state index in [0.29, 0.717) is 38.2 Å². The maximum absolute atomic E-state index is 13.3. The molecule has 0 saturated carbocycles. The molecule has 0 aromatic heterocycles. The van der Waals surface area contributed by atoms with Gasteiger partial charge in [-0.05, 0) is 50.5 Å². The molecule has 2 aromatic carbocycles. The third-order valence-electron chi connectivity index (χ3n) is 6.84. The van der Waals surface area contributed by atoms with Crippen LogP contribution in [-0.2, 0) is 30.0 Å². The van der Waals surface area contributed by atoms with E-state index in [1.807, 2.05) is 62.4 Å². The highest BCUT2D eigenvalue weighted by Crippen LogP contribution is 2.37. The lowest BCUT2D eigenvalue weighted by molar-refractivity contribution is -0.196. The molecule has 2 N–H and O–H groups in total. The molecular formula is C33H43N3O6PS2-. The summed E-state index contributed by atoms with van der Waals surface area (Å²) >= 11 is 0. The average Bonchev–Trinajstić information content (AvgIpc) is 2.97. The molecule has 0 fully saturated rings. The summed E-state index contributed by atoms with van der Waals surface area (Å²) in [6.45, 7) is 6.76. The fourth-order valence-electron chi connectivity index (χ4n) is 4.60. The first kappa shape index (κ1) is 36.7. The maximum Gasteiger partial charge on any atom is 0.227 e. The van der Waals surface area contributed by atoms with Gasteiger partial charge >= 0.3 is 0 Å². The molecule has 0 aliphatic carbocycles. The van der Waals surface area contributed by atoms with Gasteiger partial charge in [0.1, 0.15) is 7.60 Å². The van der Waals surface area contributed by atoms with Gasteiger partial charge < -0.3 is 29.5 Å². The number of rotatable bonds is 18. The van der Waals surface area contributed by atoms with Crippen molar-refractivity contribution in [2.75, 3.05) is 37.0 Å². The Hall–Kier alpha value is -2.74. The first-order valence-corrected chi connectivity index (χ1v) is 19.5. The summed E-state index contributed by atoms with van der Waals surface area (Å²) in [5.41, 5.74) is 3.40. The molecule has 45 heavy (non-hydrogen) atoms. The number of nitrogens with one attached hydrogen (secondary N) is 2. The molecule has 0 saturated heterocycles. The number of unbranched alkanes of at least 4 members (excludes halogenated alkanes) is 3. The molecule has 1 atom stereocenters. The number of anilines is 1. The quantitative estimate of drug-likeness (QED) is 0.0951. The fraction of sp³-hybridized carbons (Fsp3) is 0.485. The van der Waals surface area contributed by atoms with Gasteiger partial charge in [0.2, 0.25) is 17.7 Å². The van der Waals surface area contributed by atoms with Crippen molar-refractivity contribution in [2.24, 2.45) is 0 Å². The molecular weight excluding hydrogens is 629 g/mol. The molecule has 1 aliphatic rings. The molecule has 2 aromatic rings. The number of hydrogen-bond acceptors (Lipinski definition) is 8. The molecule has 0 bridgehead atoms. The van der Waals surface area contributed by atoms with Crippen LogP contribution in [0.5, 0.6) is 0 Å². The molecule has 0 radical (unpaired) electrons. The zero-order valence-corrected chi connectivity index (χ0v) is 28.8. The number of para-hydroxylation sites is 1. The first-order valence-electron chi connectivity index (χ1n) is 15.2. The van der Waals surface area contributed by atoms with Crippen LogP contribution >= 0.6 is 29.2 Å². The number of benzene rings is 2. The van der Waals surface area contributed by atoms with Crippen LogP contribution in [0.2, 0.25) is 0 Å². The van der Waals surface area contributed by atoms with Gasteiger partial charge in [-0.2, -0.15) is 0 Å². The summed E-state index contributed by atoms with van der Waals surface area (Å²) in [5.74, 6) is 6.77. The molecule has 1 heterocycles.